The number of hydrogen-bond donors (Lipinski definition) is 1. The van der Waals surface area contributed by atoms with Gasteiger partial charge in [-0.1, -0.05) is 53.5 Å². The van der Waals surface area contributed by atoms with E-state index in [0.29, 0.717) is 57.8 Å². The van der Waals surface area contributed by atoms with Gasteiger partial charge in [-0.25, -0.2) is 9.67 Å². The van der Waals surface area contributed by atoms with Crippen molar-refractivity contribution in [1.82, 2.24) is 24.6 Å². The first-order valence-electron chi connectivity index (χ1n) is 14.4. The highest BCUT2D eigenvalue weighted by Crippen LogP contribution is 2.41. The van der Waals surface area contributed by atoms with E-state index in [9.17, 15) is 14.4 Å². The molecule has 1 amide bonds. The molecule has 45 heavy (non-hydrogen) atoms. The molecule has 3 heterocycles. The van der Waals surface area contributed by atoms with Crippen molar-refractivity contribution in [3.8, 4) is 28.3 Å². The Morgan fingerprint density at radius 1 is 1.02 bits per heavy atom. The summed E-state index contributed by atoms with van der Waals surface area (Å²) in [5.74, 6) is -0.436. The number of methoxy groups -OCH3 is 1. The van der Waals surface area contributed by atoms with E-state index in [4.69, 9.17) is 37.7 Å². The largest absolute Gasteiger partial charge is 0.480 e. The second-order valence-electron chi connectivity index (χ2n) is 10.5. The molecule has 1 aliphatic rings. The van der Waals surface area contributed by atoms with Gasteiger partial charge in [-0.3, -0.25) is 24.3 Å². The smallest absolute Gasteiger partial charge is 0.309 e. The summed E-state index contributed by atoms with van der Waals surface area (Å²) in [5, 5.41) is 7.20. The van der Waals surface area contributed by atoms with E-state index < -0.39 is 11.5 Å². The fourth-order valence-electron chi connectivity index (χ4n) is 5.24. The lowest BCUT2D eigenvalue weighted by Crippen LogP contribution is -2.36. The third kappa shape index (κ3) is 7.00. The Hall–Kier alpha value is -4.32. The van der Waals surface area contributed by atoms with Gasteiger partial charge in [0.25, 0.3) is 11.5 Å². The van der Waals surface area contributed by atoms with E-state index >= 15 is 0 Å². The van der Waals surface area contributed by atoms with Gasteiger partial charge in [0.05, 0.1) is 47.3 Å². The van der Waals surface area contributed by atoms with E-state index in [2.05, 4.69) is 20.3 Å². The topological polar surface area (TPSA) is 129 Å². The molecule has 0 radical (unpaired) electrons. The van der Waals surface area contributed by atoms with Crippen LogP contribution in [0.2, 0.25) is 10.0 Å². The van der Waals surface area contributed by atoms with Gasteiger partial charge in [-0.15, -0.1) is 0 Å². The molecule has 0 saturated carbocycles. The lowest BCUT2D eigenvalue weighted by atomic mass is 9.97. The zero-order valence-corrected chi connectivity index (χ0v) is 26.6. The third-order valence-corrected chi connectivity index (χ3v) is 8.46. The van der Waals surface area contributed by atoms with Gasteiger partial charge in [0.2, 0.25) is 5.88 Å². The van der Waals surface area contributed by atoms with Gasteiger partial charge < -0.3 is 14.8 Å². The highest BCUT2D eigenvalue weighted by Gasteiger charge is 2.27. The predicted molar refractivity (Wildman–Crippen MR) is 172 cm³/mol. The molecule has 1 saturated heterocycles. The summed E-state index contributed by atoms with van der Waals surface area (Å²) in [7, 11) is 3.01. The molecule has 0 aliphatic carbocycles. The normalized spacial score (nSPS) is 13.8. The van der Waals surface area contributed by atoms with Crippen molar-refractivity contribution in [3.05, 3.63) is 86.5 Å². The molecule has 0 unspecified atom stereocenters. The number of aryl methyl sites for hydroxylation is 1. The number of esters is 1. The van der Waals surface area contributed by atoms with Crippen molar-refractivity contribution >= 4 is 40.8 Å². The second kappa shape index (κ2) is 14.2. The van der Waals surface area contributed by atoms with Crippen LogP contribution in [0, 0.1) is 5.92 Å². The monoisotopic (exact) mass is 650 g/mol. The molecule has 1 N–H and O–H groups in total. The number of likely N-dealkylation sites (tertiary alicyclic amines) is 1. The first-order chi connectivity index (χ1) is 21.7. The van der Waals surface area contributed by atoms with Gasteiger partial charge >= 0.3 is 5.97 Å². The average molecular weight is 652 g/mol. The molecule has 0 bridgehead atoms. The minimum Gasteiger partial charge on any atom is -0.480 e. The molecule has 4 aromatic rings. The Bertz CT molecular complexity index is 1790. The number of hydrogen-bond acceptors (Lipinski definition) is 9. The second-order valence-corrected chi connectivity index (χ2v) is 11.2. The number of carbonyl (C=O) groups is 2. The summed E-state index contributed by atoms with van der Waals surface area (Å²) < 4.78 is 11.9. The number of anilines is 1. The Labute approximate surface area is 270 Å². The average Bonchev–Trinajstić information content (AvgIpc) is 3.04. The van der Waals surface area contributed by atoms with Gasteiger partial charge in [0.1, 0.15) is 11.3 Å². The van der Waals surface area contributed by atoms with Crippen LogP contribution in [0.1, 0.15) is 35.8 Å². The van der Waals surface area contributed by atoms with Crippen molar-refractivity contribution in [3.63, 3.8) is 0 Å². The maximum Gasteiger partial charge on any atom is 0.309 e. The number of nitrogens with one attached hydrogen (secondary N) is 1. The van der Waals surface area contributed by atoms with Crippen LogP contribution in [0.15, 0.2) is 59.7 Å². The van der Waals surface area contributed by atoms with Crippen molar-refractivity contribution in [2.75, 3.05) is 32.1 Å². The minimum atomic E-state index is -0.609. The fourth-order valence-corrected chi connectivity index (χ4v) is 5.84. The van der Waals surface area contributed by atoms with Crippen molar-refractivity contribution in [1.29, 1.82) is 0 Å². The van der Waals surface area contributed by atoms with Crippen molar-refractivity contribution < 1.29 is 19.1 Å². The quantitative estimate of drug-likeness (QED) is 0.242. The van der Waals surface area contributed by atoms with Crippen LogP contribution in [0.5, 0.6) is 5.88 Å². The maximum absolute atomic E-state index is 12.9. The fraction of sp³-hybridized carbons (Fsp3) is 0.312. The Kier molecular flexibility index (Phi) is 10.1. The van der Waals surface area contributed by atoms with Crippen LogP contribution in [0.3, 0.4) is 0 Å². The van der Waals surface area contributed by atoms with Crippen molar-refractivity contribution in [2.45, 2.75) is 26.3 Å². The Morgan fingerprint density at radius 3 is 2.42 bits per heavy atom. The number of nitrogens with zero attached hydrogens (tertiary/aromatic N) is 5. The van der Waals surface area contributed by atoms with E-state index in [1.165, 1.54) is 19.3 Å². The number of halogens is 2. The molecule has 5 rings (SSSR count). The molecule has 1 aliphatic heterocycles. The number of amides is 1. The van der Waals surface area contributed by atoms with E-state index in [-0.39, 0.29) is 22.5 Å². The van der Waals surface area contributed by atoms with Crippen LogP contribution < -0.4 is 15.6 Å². The van der Waals surface area contributed by atoms with E-state index in [0.717, 1.165) is 30.6 Å². The first kappa shape index (κ1) is 32.1. The molecular weight excluding hydrogens is 619 g/mol. The number of ether oxygens (including phenoxy) is 2. The van der Waals surface area contributed by atoms with Crippen LogP contribution in [-0.2, 0) is 23.1 Å². The molecule has 0 spiro atoms. The maximum atomic E-state index is 12.9. The van der Waals surface area contributed by atoms with Gasteiger partial charge in [0, 0.05) is 36.5 Å². The molecule has 0 atom stereocenters. The van der Waals surface area contributed by atoms with Gasteiger partial charge in [-0.2, -0.15) is 5.10 Å². The summed E-state index contributed by atoms with van der Waals surface area (Å²) in [5.41, 5.74) is 2.72. The lowest BCUT2D eigenvalue weighted by Gasteiger charge is -2.30. The predicted octanol–water partition coefficient (Wildman–Crippen LogP) is 5.25. The lowest BCUT2D eigenvalue weighted by molar-refractivity contribution is -0.149. The summed E-state index contributed by atoms with van der Waals surface area (Å²) >= 11 is 13.7. The molecule has 2 aromatic carbocycles. The highest BCUT2D eigenvalue weighted by atomic mass is 35.5. The third-order valence-electron chi connectivity index (χ3n) is 7.65. The molecule has 234 valence electrons. The van der Waals surface area contributed by atoms with E-state index in [1.807, 2.05) is 25.1 Å². The number of piperidine rings is 1. The first-order valence-corrected chi connectivity index (χ1v) is 15.2. The van der Waals surface area contributed by atoms with Crippen molar-refractivity contribution in [2.24, 2.45) is 13.0 Å². The summed E-state index contributed by atoms with van der Waals surface area (Å²) in [6.45, 7) is 4.21. The molecular formula is C32H32Cl2N6O5. The SMILES string of the molecule is CCOC(=O)C1CCN(Cc2ncc(-c3cccc(-c4cccc(NC(=O)c5ccnn(C)c5=O)c4Cl)c3Cl)nc2OC)CC1. The Morgan fingerprint density at radius 2 is 1.71 bits per heavy atom. The number of rotatable bonds is 9. The highest BCUT2D eigenvalue weighted by molar-refractivity contribution is 6.39. The standard InChI is InChI=1S/C32H32Cl2N6O5/c1-4-45-32(43)19-12-15-40(16-13-19)18-26-30(44-3)38-25(17-35-26)22-9-5-7-20(27(22)33)21-8-6-10-24(28(21)34)37-29(41)23-11-14-36-39(2)31(23)42/h5-11,14,17,19H,4,12-13,15-16,18H2,1-3H3,(H,37,41). The van der Waals surface area contributed by atoms with Crippen LogP contribution >= 0.6 is 23.2 Å². The number of benzene rings is 2. The van der Waals surface area contributed by atoms with Gasteiger partial charge in [0.15, 0.2) is 0 Å². The Balaban J connectivity index is 1.37. The number of carbonyl (C=O) groups excluding carboxylic acids is 2. The number of aromatic nitrogens is 4. The summed E-state index contributed by atoms with van der Waals surface area (Å²) in [6.07, 6.45) is 4.48. The molecule has 13 heteroatoms. The van der Waals surface area contributed by atoms with E-state index in [1.54, 1.807) is 31.5 Å². The molecule has 2 aromatic heterocycles. The molecule has 11 nitrogen and oxygen atoms in total. The van der Waals surface area contributed by atoms with Crippen LogP contribution in [0.25, 0.3) is 22.4 Å². The van der Waals surface area contributed by atoms with Crippen LogP contribution in [-0.4, -0.2) is 63.3 Å². The summed E-state index contributed by atoms with van der Waals surface area (Å²) in [4.78, 5) is 49.0. The zero-order valence-electron chi connectivity index (χ0n) is 25.0. The molecule has 1 fully saturated rings. The van der Waals surface area contributed by atoms with Gasteiger partial charge in [-0.05, 0) is 45.0 Å². The minimum absolute atomic E-state index is 0.0638. The summed E-state index contributed by atoms with van der Waals surface area (Å²) in [6, 6.07) is 12.0. The van der Waals surface area contributed by atoms with Crippen LogP contribution in [0.4, 0.5) is 5.69 Å². The zero-order chi connectivity index (χ0) is 32.1.